The standard InChI is InChI=1S/C27H31N3O3/c1-20-12-14-29(15-13-20)26(31)23-10-11-25(21(2)17-23)28-27(32)30(19-24-9-6-16-33-24)18-22-7-4-3-5-8-22/h3-11,16-17,20H,12-15,18-19H2,1-2H3,(H,28,32). The monoisotopic (exact) mass is 445 g/mol. The Bertz CT molecular complexity index is 1070. The van der Waals surface area contributed by atoms with E-state index in [4.69, 9.17) is 4.42 Å². The number of urea groups is 1. The van der Waals surface area contributed by atoms with E-state index in [1.807, 2.05) is 66.4 Å². The van der Waals surface area contributed by atoms with E-state index >= 15 is 0 Å². The van der Waals surface area contributed by atoms with Crippen LogP contribution in [0.15, 0.2) is 71.3 Å². The van der Waals surface area contributed by atoms with E-state index in [-0.39, 0.29) is 11.9 Å². The lowest BCUT2D eigenvalue weighted by atomic mass is 9.98. The molecule has 1 aromatic heterocycles. The lowest BCUT2D eigenvalue weighted by Gasteiger charge is -2.30. The van der Waals surface area contributed by atoms with Gasteiger partial charge >= 0.3 is 6.03 Å². The minimum atomic E-state index is -0.220. The van der Waals surface area contributed by atoms with E-state index in [0.29, 0.717) is 30.3 Å². The van der Waals surface area contributed by atoms with Gasteiger partial charge in [0.05, 0.1) is 12.8 Å². The number of nitrogens with zero attached hydrogens (tertiary/aromatic N) is 2. The van der Waals surface area contributed by atoms with Crippen LogP contribution in [-0.2, 0) is 13.1 Å². The summed E-state index contributed by atoms with van der Waals surface area (Å²) in [6, 6.07) is 18.8. The zero-order chi connectivity index (χ0) is 23.2. The fourth-order valence-electron chi connectivity index (χ4n) is 4.12. The molecule has 0 radical (unpaired) electrons. The van der Waals surface area contributed by atoms with Gasteiger partial charge in [-0.2, -0.15) is 0 Å². The molecule has 0 spiro atoms. The number of carbonyl (C=O) groups excluding carboxylic acids is 2. The van der Waals surface area contributed by atoms with E-state index < -0.39 is 0 Å². The van der Waals surface area contributed by atoms with Crippen LogP contribution in [0.5, 0.6) is 0 Å². The first-order valence-corrected chi connectivity index (χ1v) is 11.5. The van der Waals surface area contributed by atoms with Crippen molar-refractivity contribution in [3.05, 3.63) is 89.4 Å². The smallest absolute Gasteiger partial charge is 0.322 e. The first-order chi connectivity index (χ1) is 16.0. The molecule has 0 bridgehead atoms. The van der Waals surface area contributed by atoms with Gasteiger partial charge in [0, 0.05) is 30.9 Å². The first kappa shape index (κ1) is 22.6. The van der Waals surface area contributed by atoms with Crippen LogP contribution in [0.4, 0.5) is 10.5 Å². The number of hydrogen-bond donors (Lipinski definition) is 1. The Kier molecular flexibility index (Phi) is 7.13. The quantitative estimate of drug-likeness (QED) is 0.530. The second-order valence-corrected chi connectivity index (χ2v) is 8.86. The van der Waals surface area contributed by atoms with Gasteiger partial charge in [-0.25, -0.2) is 4.79 Å². The molecule has 1 saturated heterocycles. The number of nitrogens with one attached hydrogen (secondary N) is 1. The summed E-state index contributed by atoms with van der Waals surface area (Å²) in [5.74, 6) is 1.45. The Morgan fingerprint density at radius 3 is 2.45 bits per heavy atom. The van der Waals surface area contributed by atoms with Crippen molar-refractivity contribution >= 4 is 17.6 Å². The summed E-state index contributed by atoms with van der Waals surface area (Å²) in [5, 5.41) is 3.01. The Morgan fingerprint density at radius 1 is 1.03 bits per heavy atom. The molecule has 3 aromatic rings. The Labute approximate surface area is 195 Å². The lowest BCUT2D eigenvalue weighted by molar-refractivity contribution is 0.0697. The van der Waals surface area contributed by atoms with Gasteiger partial charge in [-0.3, -0.25) is 4.79 Å². The highest BCUT2D eigenvalue weighted by molar-refractivity contribution is 5.96. The molecule has 0 aliphatic carbocycles. The highest BCUT2D eigenvalue weighted by Gasteiger charge is 2.22. The number of amides is 3. The average Bonchev–Trinajstić information content (AvgIpc) is 3.34. The first-order valence-electron chi connectivity index (χ1n) is 11.5. The number of furan rings is 1. The zero-order valence-corrected chi connectivity index (χ0v) is 19.3. The number of piperidine rings is 1. The Hall–Kier alpha value is -3.54. The molecular formula is C27H31N3O3. The second kappa shape index (κ2) is 10.4. The molecule has 0 atom stereocenters. The molecule has 1 aliphatic rings. The lowest BCUT2D eigenvalue weighted by Crippen LogP contribution is -2.38. The Balaban J connectivity index is 1.46. The third-order valence-corrected chi connectivity index (χ3v) is 6.22. The number of benzene rings is 2. The normalized spacial score (nSPS) is 14.2. The minimum Gasteiger partial charge on any atom is -0.467 e. The third kappa shape index (κ3) is 5.83. The predicted octanol–water partition coefficient (Wildman–Crippen LogP) is 5.69. The van der Waals surface area contributed by atoms with Crippen LogP contribution >= 0.6 is 0 Å². The highest BCUT2D eigenvalue weighted by atomic mass is 16.3. The molecular weight excluding hydrogens is 414 g/mol. The van der Waals surface area contributed by atoms with Crippen LogP contribution in [0, 0.1) is 12.8 Å². The van der Waals surface area contributed by atoms with Crippen LogP contribution in [0.2, 0.25) is 0 Å². The highest BCUT2D eigenvalue weighted by Crippen LogP contribution is 2.22. The number of aryl methyl sites for hydroxylation is 1. The number of rotatable bonds is 6. The zero-order valence-electron chi connectivity index (χ0n) is 19.3. The van der Waals surface area contributed by atoms with Crippen LogP contribution in [0.1, 0.15) is 47.0 Å². The molecule has 0 unspecified atom stereocenters. The van der Waals surface area contributed by atoms with Crippen molar-refractivity contribution in [2.24, 2.45) is 5.92 Å². The molecule has 6 nitrogen and oxygen atoms in total. The van der Waals surface area contributed by atoms with Gasteiger partial charge in [0.15, 0.2) is 0 Å². The van der Waals surface area contributed by atoms with Gasteiger partial charge in [-0.1, -0.05) is 37.3 Å². The summed E-state index contributed by atoms with van der Waals surface area (Å²) < 4.78 is 5.47. The van der Waals surface area contributed by atoms with Gasteiger partial charge in [-0.15, -0.1) is 0 Å². The molecule has 3 amide bonds. The fourth-order valence-corrected chi connectivity index (χ4v) is 4.12. The van der Waals surface area contributed by atoms with Crippen molar-refractivity contribution in [2.45, 2.75) is 39.8 Å². The third-order valence-electron chi connectivity index (χ3n) is 6.22. The SMILES string of the molecule is Cc1cc(C(=O)N2CCC(C)CC2)ccc1NC(=O)N(Cc1ccccc1)Cc1ccco1. The van der Waals surface area contributed by atoms with E-state index in [2.05, 4.69) is 12.2 Å². The van der Waals surface area contributed by atoms with Gasteiger partial charge in [0.25, 0.3) is 5.91 Å². The fraction of sp³-hybridized carbons (Fsp3) is 0.333. The van der Waals surface area contributed by atoms with Gasteiger partial charge < -0.3 is 19.5 Å². The van der Waals surface area contributed by atoms with Crippen LogP contribution in [0.3, 0.4) is 0 Å². The molecule has 2 aromatic carbocycles. The molecule has 4 rings (SSSR count). The number of likely N-dealkylation sites (tertiary alicyclic amines) is 1. The van der Waals surface area contributed by atoms with E-state index in [9.17, 15) is 9.59 Å². The maximum Gasteiger partial charge on any atom is 0.322 e. The number of anilines is 1. The molecule has 1 fully saturated rings. The van der Waals surface area contributed by atoms with Crippen molar-refractivity contribution in [1.29, 1.82) is 0 Å². The largest absolute Gasteiger partial charge is 0.467 e. The number of hydrogen-bond acceptors (Lipinski definition) is 3. The van der Waals surface area contributed by atoms with E-state index in [1.54, 1.807) is 17.2 Å². The van der Waals surface area contributed by atoms with Crippen molar-refractivity contribution in [3.63, 3.8) is 0 Å². The molecule has 1 N–H and O–H groups in total. The van der Waals surface area contributed by atoms with Crippen LogP contribution in [0.25, 0.3) is 0 Å². The molecule has 0 saturated carbocycles. The molecule has 1 aliphatic heterocycles. The predicted molar refractivity (Wildman–Crippen MR) is 129 cm³/mol. The van der Waals surface area contributed by atoms with Gasteiger partial charge in [-0.05, 0) is 67.1 Å². The summed E-state index contributed by atoms with van der Waals surface area (Å²) >= 11 is 0. The summed E-state index contributed by atoms with van der Waals surface area (Å²) in [6.45, 7) is 6.57. The topological polar surface area (TPSA) is 65.8 Å². The van der Waals surface area contributed by atoms with Crippen molar-refractivity contribution in [2.75, 3.05) is 18.4 Å². The summed E-state index contributed by atoms with van der Waals surface area (Å²) in [6.07, 6.45) is 3.70. The maximum absolute atomic E-state index is 13.2. The Morgan fingerprint density at radius 2 is 1.79 bits per heavy atom. The van der Waals surface area contributed by atoms with Crippen molar-refractivity contribution in [1.82, 2.24) is 9.80 Å². The maximum atomic E-state index is 13.2. The second-order valence-electron chi connectivity index (χ2n) is 8.86. The molecule has 6 heteroatoms. The average molecular weight is 446 g/mol. The molecule has 172 valence electrons. The number of carbonyl (C=O) groups is 2. The molecule has 33 heavy (non-hydrogen) atoms. The minimum absolute atomic E-state index is 0.0615. The van der Waals surface area contributed by atoms with Crippen molar-refractivity contribution in [3.8, 4) is 0 Å². The van der Waals surface area contributed by atoms with E-state index in [0.717, 1.165) is 42.8 Å². The molecule has 2 heterocycles. The summed E-state index contributed by atoms with van der Waals surface area (Å²) in [4.78, 5) is 29.7. The van der Waals surface area contributed by atoms with Gasteiger partial charge in [0.1, 0.15) is 5.76 Å². The summed E-state index contributed by atoms with van der Waals surface area (Å²) in [5.41, 5.74) is 3.25. The summed E-state index contributed by atoms with van der Waals surface area (Å²) in [7, 11) is 0. The van der Waals surface area contributed by atoms with Gasteiger partial charge in [0.2, 0.25) is 0 Å². The van der Waals surface area contributed by atoms with E-state index in [1.165, 1.54) is 0 Å². The van der Waals surface area contributed by atoms with Crippen molar-refractivity contribution < 1.29 is 14.0 Å². The van der Waals surface area contributed by atoms with Crippen LogP contribution in [-0.4, -0.2) is 34.8 Å². The van der Waals surface area contributed by atoms with Crippen LogP contribution < -0.4 is 5.32 Å².